The van der Waals surface area contributed by atoms with Crippen molar-refractivity contribution in [2.45, 2.75) is 50.8 Å². The Morgan fingerprint density at radius 1 is 0.935 bits per heavy atom. The lowest BCUT2D eigenvalue weighted by molar-refractivity contribution is -0.231. The zero-order valence-corrected chi connectivity index (χ0v) is 25.5. The smallest absolute Gasteiger partial charge is 0.383 e. The maximum atomic E-state index is 13.9. The molecule has 0 bridgehead atoms. The molecule has 0 amide bonds. The average Bonchev–Trinajstić information content (AvgIpc) is 3.44. The summed E-state index contributed by atoms with van der Waals surface area (Å²) in [4.78, 5) is 4.03. The molecule has 16 heteroatoms. The van der Waals surface area contributed by atoms with Crippen molar-refractivity contribution in [2.75, 3.05) is 53.7 Å². The van der Waals surface area contributed by atoms with Crippen LogP contribution in [0.5, 0.6) is 0 Å². The highest BCUT2D eigenvalue weighted by Crippen LogP contribution is 2.40. The summed E-state index contributed by atoms with van der Waals surface area (Å²) in [7, 11) is 3.21. The van der Waals surface area contributed by atoms with Crippen LogP contribution in [0, 0.1) is 5.82 Å². The first-order chi connectivity index (χ1) is 21.8. The van der Waals surface area contributed by atoms with Gasteiger partial charge in [0, 0.05) is 46.9 Å². The number of H-pyrrole nitrogens is 1. The van der Waals surface area contributed by atoms with Crippen LogP contribution in [0.1, 0.15) is 52.7 Å². The molecule has 3 atom stereocenters. The Kier molecular flexibility index (Phi) is 12.1. The van der Waals surface area contributed by atoms with Crippen molar-refractivity contribution in [1.82, 2.24) is 25.2 Å². The Morgan fingerprint density at radius 3 is 2.09 bits per heavy atom. The summed E-state index contributed by atoms with van der Waals surface area (Å²) in [6.07, 6.45) is -12.4. The molecule has 0 spiro atoms. The molecule has 0 saturated carbocycles. The van der Waals surface area contributed by atoms with Crippen molar-refractivity contribution >= 4 is 0 Å². The monoisotopic (exact) mass is 663 g/mol. The van der Waals surface area contributed by atoms with Gasteiger partial charge in [-0.1, -0.05) is 12.1 Å². The second-order valence-corrected chi connectivity index (χ2v) is 10.8. The number of benzene rings is 2. The van der Waals surface area contributed by atoms with Crippen molar-refractivity contribution in [2.24, 2.45) is 0 Å². The van der Waals surface area contributed by atoms with Crippen molar-refractivity contribution in [3.8, 4) is 0 Å². The number of nitrogens with one attached hydrogen (secondary N) is 1. The van der Waals surface area contributed by atoms with Gasteiger partial charge in [0.1, 0.15) is 17.2 Å². The lowest BCUT2D eigenvalue weighted by Crippen LogP contribution is -2.46. The van der Waals surface area contributed by atoms with Gasteiger partial charge in [0.2, 0.25) is 0 Å². The topological polar surface area (TPSA) is 85.0 Å². The minimum Gasteiger partial charge on any atom is -0.383 e. The van der Waals surface area contributed by atoms with Gasteiger partial charge in [0.05, 0.1) is 43.1 Å². The molecule has 0 aliphatic carbocycles. The first-order valence-corrected chi connectivity index (χ1v) is 14.4. The molecule has 0 radical (unpaired) electrons. The molecule has 1 saturated heterocycles. The van der Waals surface area contributed by atoms with E-state index in [1.807, 2.05) is 4.90 Å². The van der Waals surface area contributed by atoms with E-state index < -0.39 is 47.7 Å². The summed E-state index contributed by atoms with van der Waals surface area (Å²) in [5.41, 5.74) is -1.40. The van der Waals surface area contributed by atoms with Crippen LogP contribution >= 0.6 is 0 Å². The molecule has 9 nitrogen and oxygen atoms in total. The first kappa shape index (κ1) is 35.7. The number of halogens is 7. The number of aromatic nitrogens is 3. The van der Waals surface area contributed by atoms with Gasteiger partial charge in [-0.05, 0) is 48.4 Å². The summed E-state index contributed by atoms with van der Waals surface area (Å²) in [6, 6.07) is 6.14. The quantitative estimate of drug-likeness (QED) is 0.218. The predicted octanol–water partition coefficient (Wildman–Crippen LogP) is 5.75. The molecule has 1 N–H and O–H groups in total. The molecule has 46 heavy (non-hydrogen) atoms. The second-order valence-electron chi connectivity index (χ2n) is 10.8. The molecule has 254 valence electrons. The van der Waals surface area contributed by atoms with Gasteiger partial charge < -0.3 is 18.9 Å². The van der Waals surface area contributed by atoms with Crippen LogP contribution in [-0.2, 0) is 44.4 Å². The maximum absolute atomic E-state index is 13.9. The minimum absolute atomic E-state index is 0.0670. The third-order valence-corrected chi connectivity index (χ3v) is 7.59. The van der Waals surface area contributed by atoms with Crippen molar-refractivity contribution < 1.29 is 49.7 Å². The van der Waals surface area contributed by atoms with E-state index >= 15 is 0 Å². The summed E-state index contributed by atoms with van der Waals surface area (Å²) in [5.74, 6) is -0.493. The number of alkyl halides is 6. The van der Waals surface area contributed by atoms with E-state index in [2.05, 4.69) is 20.3 Å². The lowest BCUT2D eigenvalue weighted by Gasteiger charge is -2.42. The molecule has 1 aliphatic heterocycles. The Bertz CT molecular complexity index is 1350. The van der Waals surface area contributed by atoms with Crippen LogP contribution in [-0.4, -0.2) is 85.2 Å². The van der Waals surface area contributed by atoms with E-state index in [0.717, 1.165) is 0 Å². The summed E-state index contributed by atoms with van der Waals surface area (Å²) in [6.45, 7) is 4.70. The highest BCUT2D eigenvalue weighted by molar-refractivity contribution is 5.35. The van der Waals surface area contributed by atoms with E-state index in [1.54, 1.807) is 14.2 Å². The van der Waals surface area contributed by atoms with E-state index in [-0.39, 0.29) is 24.8 Å². The summed E-state index contributed by atoms with van der Waals surface area (Å²) < 4.78 is 118. The number of rotatable bonds is 14. The molecule has 2 unspecified atom stereocenters. The molecule has 3 aromatic rings. The number of hydrogen-bond acceptors (Lipinski definition) is 8. The first-order valence-electron chi connectivity index (χ1n) is 14.4. The highest BCUT2D eigenvalue weighted by Gasteiger charge is 2.39. The normalized spacial score (nSPS) is 18.8. The van der Waals surface area contributed by atoms with Gasteiger partial charge in [-0.2, -0.15) is 41.8 Å². The van der Waals surface area contributed by atoms with Gasteiger partial charge in [-0.15, -0.1) is 0 Å². The van der Waals surface area contributed by atoms with E-state index in [4.69, 9.17) is 18.9 Å². The fourth-order valence-corrected chi connectivity index (χ4v) is 5.14. The molecule has 1 aromatic heterocycles. The minimum atomic E-state index is -5.01. The maximum Gasteiger partial charge on any atom is 0.416 e. The van der Waals surface area contributed by atoms with E-state index in [9.17, 15) is 30.7 Å². The third kappa shape index (κ3) is 9.45. The molecule has 1 aliphatic rings. The van der Waals surface area contributed by atoms with Crippen molar-refractivity contribution in [3.63, 3.8) is 0 Å². The Labute approximate surface area is 261 Å². The van der Waals surface area contributed by atoms with Crippen LogP contribution in [0.2, 0.25) is 0 Å². The zero-order valence-electron chi connectivity index (χ0n) is 25.5. The number of ether oxygens (including phenoxy) is 4. The van der Waals surface area contributed by atoms with Gasteiger partial charge in [-0.25, -0.2) is 4.39 Å². The standard InChI is InChI=1S/C30H36F7N5O4/c1-19(21-14-22(29(32,33)34)16-23(15-21)30(35,36)37)46-28-27(20-4-6-24(31)7-5-20)42(10-13-45-28)18-26-25(38-40-39-26)17-41(8-11-43-2)9-12-44-3/h4-7,14-16,19,27-28H,8-13,17-18H2,1-3H3,(H,38,39,40)/t19-,27?,28?/m1/s1. The van der Waals surface area contributed by atoms with Gasteiger partial charge in [0.25, 0.3) is 0 Å². The summed E-state index contributed by atoms with van der Waals surface area (Å²) in [5, 5.41) is 11.3. The fraction of sp³-hybridized carbons (Fsp3) is 0.533. The predicted molar refractivity (Wildman–Crippen MR) is 151 cm³/mol. The molecular formula is C30H36F7N5O4. The van der Waals surface area contributed by atoms with Crippen LogP contribution in [0.4, 0.5) is 30.7 Å². The van der Waals surface area contributed by atoms with Crippen LogP contribution in [0.3, 0.4) is 0 Å². The molecular weight excluding hydrogens is 627 g/mol. The highest BCUT2D eigenvalue weighted by atomic mass is 19.4. The lowest BCUT2D eigenvalue weighted by atomic mass is 10.0. The van der Waals surface area contributed by atoms with Crippen LogP contribution < -0.4 is 0 Å². The van der Waals surface area contributed by atoms with Gasteiger partial charge in [-0.3, -0.25) is 9.80 Å². The largest absolute Gasteiger partial charge is 0.416 e. The SMILES string of the molecule is COCCN(CCOC)Cc1n[nH]nc1CN1CCOC(O[C@H](C)c2cc(C(F)(F)F)cc(C(F)(F)F)c2)C1c1ccc(F)cc1. The Morgan fingerprint density at radius 2 is 1.52 bits per heavy atom. The molecule has 2 heterocycles. The third-order valence-electron chi connectivity index (χ3n) is 7.59. The summed E-state index contributed by atoms with van der Waals surface area (Å²) >= 11 is 0. The second kappa shape index (κ2) is 15.6. The number of methoxy groups -OCH3 is 2. The van der Waals surface area contributed by atoms with E-state index in [1.165, 1.54) is 31.2 Å². The van der Waals surface area contributed by atoms with Gasteiger partial charge in [0.15, 0.2) is 6.29 Å². The Hall–Kier alpha value is -3.15. The molecule has 1 fully saturated rings. The molecule has 2 aromatic carbocycles. The van der Waals surface area contributed by atoms with Gasteiger partial charge >= 0.3 is 12.4 Å². The van der Waals surface area contributed by atoms with Crippen LogP contribution in [0.25, 0.3) is 0 Å². The molecule has 4 rings (SSSR count). The number of nitrogens with zero attached hydrogens (tertiary/aromatic N) is 4. The zero-order chi connectivity index (χ0) is 33.5. The fourth-order valence-electron chi connectivity index (χ4n) is 5.14. The average molecular weight is 664 g/mol. The Balaban J connectivity index is 1.62. The van der Waals surface area contributed by atoms with Crippen molar-refractivity contribution in [3.05, 3.63) is 81.9 Å². The van der Waals surface area contributed by atoms with Crippen LogP contribution in [0.15, 0.2) is 42.5 Å². The van der Waals surface area contributed by atoms with Crippen molar-refractivity contribution in [1.29, 1.82) is 0 Å². The number of aromatic amines is 1. The van der Waals surface area contributed by atoms with E-state index in [0.29, 0.717) is 68.5 Å². The number of hydrogen-bond donors (Lipinski definition) is 1. The number of morpholine rings is 1.